The maximum Gasteiger partial charge on any atom is 0.254 e. The summed E-state index contributed by atoms with van der Waals surface area (Å²) >= 11 is 1.61. The lowest BCUT2D eigenvalue weighted by molar-refractivity contribution is -0.124. The second-order valence-corrected chi connectivity index (χ2v) is 9.45. The average Bonchev–Trinajstić information content (AvgIpc) is 3.37. The number of hydrogen-bond donors (Lipinski definition) is 1. The fourth-order valence-electron chi connectivity index (χ4n) is 5.05. The standard InChI is InChI=1S/C27H28N2O4S/c1-3-32-22-14-17-11-12-29-25(21(17)15-23(22)33-4-2)24(19-9-5-6-10-20(19)27(29)31)26(30)28-16-18-8-7-13-34-18/h5-10,13-15,24-25H,3-4,11-12,16H2,1-2H3,(H,28,30)/t24-,25-/m1/s1. The number of nitrogens with one attached hydrogen (secondary N) is 1. The zero-order valence-electron chi connectivity index (χ0n) is 19.4. The van der Waals surface area contributed by atoms with Gasteiger partial charge in [-0.05, 0) is 66.6 Å². The predicted octanol–water partition coefficient (Wildman–Crippen LogP) is 4.70. The number of nitrogens with zero attached hydrogens (tertiary/aromatic N) is 1. The topological polar surface area (TPSA) is 67.9 Å². The number of ether oxygens (including phenoxy) is 2. The van der Waals surface area contributed by atoms with E-state index in [9.17, 15) is 9.59 Å². The SMILES string of the molecule is CCOc1cc2c(cc1OCC)[C@@H]1[C@H](C(=O)NCc3cccs3)c3ccccc3C(=O)N1CC2. The van der Waals surface area contributed by atoms with Gasteiger partial charge in [0.15, 0.2) is 11.5 Å². The lowest BCUT2D eigenvalue weighted by Crippen LogP contribution is -2.50. The van der Waals surface area contributed by atoms with Gasteiger partial charge in [0.1, 0.15) is 0 Å². The number of benzene rings is 2. The molecule has 0 aliphatic carbocycles. The van der Waals surface area contributed by atoms with Gasteiger partial charge in [-0.25, -0.2) is 0 Å². The first-order valence-corrected chi connectivity index (χ1v) is 12.6. The molecule has 7 heteroatoms. The summed E-state index contributed by atoms with van der Waals surface area (Å²) in [5, 5.41) is 5.12. The van der Waals surface area contributed by atoms with E-state index in [-0.39, 0.29) is 11.8 Å². The third kappa shape index (κ3) is 3.94. The van der Waals surface area contributed by atoms with E-state index in [2.05, 4.69) is 5.32 Å². The highest BCUT2D eigenvalue weighted by Crippen LogP contribution is 2.48. The lowest BCUT2D eigenvalue weighted by Gasteiger charge is -2.45. The molecule has 2 aliphatic heterocycles. The second-order valence-electron chi connectivity index (χ2n) is 8.42. The first-order chi connectivity index (χ1) is 16.6. The van der Waals surface area contributed by atoms with Gasteiger partial charge in [-0.15, -0.1) is 11.3 Å². The van der Waals surface area contributed by atoms with Crippen molar-refractivity contribution in [2.24, 2.45) is 0 Å². The van der Waals surface area contributed by atoms with Crippen molar-refractivity contribution in [3.05, 3.63) is 81.0 Å². The Hall–Kier alpha value is -3.32. The zero-order valence-corrected chi connectivity index (χ0v) is 20.2. The van der Waals surface area contributed by atoms with Gasteiger partial charge < -0.3 is 19.7 Å². The summed E-state index contributed by atoms with van der Waals surface area (Å²) in [7, 11) is 0. The van der Waals surface area contributed by atoms with E-state index in [1.54, 1.807) is 11.3 Å². The number of hydrogen-bond acceptors (Lipinski definition) is 5. The van der Waals surface area contributed by atoms with Gasteiger partial charge in [0.05, 0.1) is 31.7 Å². The van der Waals surface area contributed by atoms with Crippen LogP contribution in [0.1, 0.15) is 57.7 Å². The van der Waals surface area contributed by atoms with Crippen molar-refractivity contribution in [1.82, 2.24) is 10.2 Å². The quantitative estimate of drug-likeness (QED) is 0.537. The van der Waals surface area contributed by atoms with Crippen LogP contribution < -0.4 is 14.8 Å². The van der Waals surface area contributed by atoms with Gasteiger partial charge >= 0.3 is 0 Å². The van der Waals surface area contributed by atoms with E-state index >= 15 is 0 Å². The molecule has 0 spiro atoms. The summed E-state index contributed by atoms with van der Waals surface area (Å²) in [4.78, 5) is 30.1. The Bertz CT molecular complexity index is 1210. The molecule has 1 aromatic heterocycles. The van der Waals surface area contributed by atoms with Gasteiger partial charge in [0.25, 0.3) is 5.91 Å². The van der Waals surface area contributed by atoms with Crippen molar-refractivity contribution in [2.45, 2.75) is 38.8 Å². The molecule has 2 amide bonds. The largest absolute Gasteiger partial charge is 0.490 e. The molecule has 176 valence electrons. The third-order valence-electron chi connectivity index (χ3n) is 6.48. The summed E-state index contributed by atoms with van der Waals surface area (Å²) in [6, 6.07) is 15.1. The van der Waals surface area contributed by atoms with Crippen LogP contribution in [0.25, 0.3) is 0 Å². The fourth-order valence-corrected chi connectivity index (χ4v) is 5.70. The van der Waals surface area contributed by atoms with Crippen LogP contribution in [0, 0.1) is 0 Å². The lowest BCUT2D eigenvalue weighted by atomic mass is 9.75. The summed E-state index contributed by atoms with van der Waals surface area (Å²) in [5.74, 6) is 0.732. The van der Waals surface area contributed by atoms with E-state index in [4.69, 9.17) is 9.47 Å². The highest BCUT2D eigenvalue weighted by molar-refractivity contribution is 7.09. The van der Waals surface area contributed by atoms with Crippen molar-refractivity contribution in [2.75, 3.05) is 19.8 Å². The summed E-state index contributed by atoms with van der Waals surface area (Å²) in [6.45, 7) is 5.94. The maximum absolute atomic E-state index is 13.7. The summed E-state index contributed by atoms with van der Waals surface area (Å²) in [6.07, 6.45) is 0.704. The van der Waals surface area contributed by atoms with Crippen LogP contribution in [-0.4, -0.2) is 36.5 Å². The molecule has 0 bridgehead atoms. The monoisotopic (exact) mass is 476 g/mol. The molecule has 0 fully saturated rings. The van der Waals surface area contributed by atoms with E-state index in [0.29, 0.717) is 49.8 Å². The highest BCUT2D eigenvalue weighted by atomic mass is 32.1. The summed E-state index contributed by atoms with van der Waals surface area (Å²) in [5.41, 5.74) is 3.43. The van der Waals surface area contributed by atoms with E-state index in [1.807, 2.05) is 72.7 Å². The second kappa shape index (κ2) is 9.50. The Kier molecular flexibility index (Phi) is 6.28. The molecular weight excluding hydrogens is 448 g/mol. The molecule has 0 unspecified atom stereocenters. The molecule has 2 aliphatic rings. The Morgan fingerprint density at radius 3 is 2.56 bits per heavy atom. The van der Waals surface area contributed by atoms with Crippen molar-refractivity contribution in [1.29, 1.82) is 0 Å². The molecule has 2 atom stereocenters. The normalized spacial score (nSPS) is 18.5. The van der Waals surface area contributed by atoms with E-state index in [1.165, 1.54) is 0 Å². The molecular formula is C27H28N2O4S. The molecule has 3 aromatic rings. The number of carbonyl (C=O) groups is 2. The van der Waals surface area contributed by atoms with Crippen molar-refractivity contribution in [3.63, 3.8) is 0 Å². The van der Waals surface area contributed by atoms with E-state index < -0.39 is 12.0 Å². The van der Waals surface area contributed by atoms with Crippen LogP contribution >= 0.6 is 11.3 Å². The number of fused-ring (bicyclic) bond motifs is 4. The van der Waals surface area contributed by atoms with Crippen molar-refractivity contribution in [3.8, 4) is 11.5 Å². The van der Waals surface area contributed by atoms with Crippen LogP contribution in [0.15, 0.2) is 53.9 Å². The Morgan fingerprint density at radius 2 is 1.82 bits per heavy atom. The Labute approximate surface area is 203 Å². The van der Waals surface area contributed by atoms with Gasteiger partial charge in [-0.3, -0.25) is 9.59 Å². The Morgan fingerprint density at radius 1 is 1.06 bits per heavy atom. The average molecular weight is 477 g/mol. The zero-order chi connectivity index (χ0) is 23.7. The van der Waals surface area contributed by atoms with Gasteiger partial charge in [0, 0.05) is 17.0 Å². The number of amides is 2. The first-order valence-electron chi connectivity index (χ1n) is 11.7. The van der Waals surface area contributed by atoms with Gasteiger partial charge in [0.2, 0.25) is 5.91 Å². The molecule has 3 heterocycles. The van der Waals surface area contributed by atoms with E-state index in [0.717, 1.165) is 21.6 Å². The first kappa shape index (κ1) is 22.5. The maximum atomic E-state index is 13.7. The minimum atomic E-state index is -0.514. The molecule has 2 aromatic carbocycles. The van der Waals surface area contributed by atoms with Gasteiger partial charge in [-0.1, -0.05) is 24.3 Å². The molecule has 34 heavy (non-hydrogen) atoms. The van der Waals surface area contributed by atoms with Crippen LogP contribution in [0.3, 0.4) is 0 Å². The number of carbonyl (C=O) groups excluding carboxylic acids is 2. The fraction of sp³-hybridized carbons (Fsp3) is 0.333. The minimum Gasteiger partial charge on any atom is -0.490 e. The molecule has 0 radical (unpaired) electrons. The molecule has 5 rings (SSSR count). The highest BCUT2D eigenvalue weighted by Gasteiger charge is 2.46. The third-order valence-corrected chi connectivity index (χ3v) is 7.36. The van der Waals surface area contributed by atoms with Crippen LogP contribution in [0.4, 0.5) is 0 Å². The summed E-state index contributed by atoms with van der Waals surface area (Å²) < 4.78 is 11.7. The van der Waals surface area contributed by atoms with Gasteiger partial charge in [-0.2, -0.15) is 0 Å². The smallest absolute Gasteiger partial charge is 0.254 e. The van der Waals surface area contributed by atoms with Crippen LogP contribution in [0.5, 0.6) is 11.5 Å². The predicted molar refractivity (Wildman–Crippen MR) is 132 cm³/mol. The van der Waals surface area contributed by atoms with Crippen molar-refractivity contribution < 1.29 is 19.1 Å². The molecule has 6 nitrogen and oxygen atoms in total. The number of rotatable bonds is 7. The van der Waals surface area contributed by atoms with Crippen LogP contribution in [0.2, 0.25) is 0 Å². The molecule has 0 saturated heterocycles. The van der Waals surface area contributed by atoms with Crippen LogP contribution in [-0.2, 0) is 17.8 Å². The van der Waals surface area contributed by atoms with Crippen molar-refractivity contribution >= 4 is 23.2 Å². The Balaban J connectivity index is 1.60. The molecule has 1 N–H and O–H groups in total. The minimum absolute atomic E-state index is 0.0274. The number of thiophene rings is 1. The molecule has 0 saturated carbocycles.